The van der Waals surface area contributed by atoms with E-state index in [-0.39, 0.29) is 66.9 Å². The van der Waals surface area contributed by atoms with E-state index in [1.54, 1.807) is 39.0 Å². The normalized spacial score (nSPS) is 11.6. The van der Waals surface area contributed by atoms with E-state index in [2.05, 4.69) is 40.8 Å². The summed E-state index contributed by atoms with van der Waals surface area (Å²) in [6.45, 7) is 8.14. The van der Waals surface area contributed by atoms with Gasteiger partial charge in [0.05, 0.1) is 23.4 Å². The SMILES string of the molecule is CCn1nc(C)cc1C(=O)Nc1nc2cc(C(N)=O)cnc2n1C/C=C/Cn1c(NC(=O)c2ncnn2C(C)C)nc2cc(C(N)=O)cc(OCCCO)c21. The molecule has 20 nitrogen and oxygen atoms in total. The van der Waals surface area contributed by atoms with Gasteiger partial charge in [0.25, 0.3) is 11.8 Å². The van der Waals surface area contributed by atoms with Crippen LogP contribution in [0.3, 0.4) is 0 Å². The summed E-state index contributed by atoms with van der Waals surface area (Å²) >= 11 is 0. The van der Waals surface area contributed by atoms with Crippen LogP contribution in [0.15, 0.2) is 48.9 Å². The predicted octanol–water partition coefficient (Wildman–Crippen LogP) is 2.20. The van der Waals surface area contributed by atoms with Crippen LogP contribution in [0.4, 0.5) is 11.9 Å². The number of rotatable bonds is 16. The third-order valence-electron chi connectivity index (χ3n) is 8.41. The zero-order chi connectivity index (χ0) is 39.4. The lowest BCUT2D eigenvalue weighted by molar-refractivity contribution is 0.0991. The molecule has 1 aromatic carbocycles. The molecule has 0 atom stereocenters. The van der Waals surface area contributed by atoms with Crippen molar-refractivity contribution in [3.05, 3.63) is 77.3 Å². The molecule has 0 saturated heterocycles. The van der Waals surface area contributed by atoms with Crippen LogP contribution in [-0.2, 0) is 19.6 Å². The number of primary amides is 2. The minimum atomic E-state index is -0.708. The van der Waals surface area contributed by atoms with Crippen molar-refractivity contribution in [1.29, 1.82) is 0 Å². The lowest BCUT2D eigenvalue weighted by Crippen LogP contribution is -2.22. The number of aliphatic hydroxyl groups is 1. The largest absolute Gasteiger partial charge is 0.491 e. The number of carbonyl (C=O) groups excluding carboxylic acids is 4. The van der Waals surface area contributed by atoms with Gasteiger partial charge >= 0.3 is 0 Å². The fraction of sp³-hybridized carbons (Fsp3) is 0.314. The lowest BCUT2D eigenvalue weighted by Gasteiger charge is -2.13. The van der Waals surface area contributed by atoms with Gasteiger partial charge in [-0.3, -0.25) is 39.1 Å². The minimum Gasteiger partial charge on any atom is -0.491 e. The van der Waals surface area contributed by atoms with Gasteiger partial charge in [0, 0.05) is 50.5 Å². The van der Waals surface area contributed by atoms with Crippen molar-refractivity contribution in [1.82, 2.24) is 48.6 Å². The number of fused-ring (bicyclic) bond motifs is 2. The number of allylic oxidation sites excluding steroid dienone is 2. The van der Waals surface area contributed by atoms with Crippen LogP contribution in [0.2, 0.25) is 0 Å². The highest BCUT2D eigenvalue weighted by Crippen LogP contribution is 2.31. The number of benzene rings is 1. The van der Waals surface area contributed by atoms with Crippen molar-refractivity contribution >= 4 is 57.7 Å². The molecule has 0 fully saturated rings. The molecule has 6 aromatic rings. The number of nitrogens with two attached hydrogens (primary N) is 2. The second kappa shape index (κ2) is 16.0. The summed E-state index contributed by atoms with van der Waals surface area (Å²) in [6, 6.07) is 5.98. The van der Waals surface area contributed by atoms with E-state index >= 15 is 0 Å². The van der Waals surface area contributed by atoms with Gasteiger partial charge in [-0.2, -0.15) is 10.2 Å². The van der Waals surface area contributed by atoms with Crippen LogP contribution in [0.5, 0.6) is 5.75 Å². The van der Waals surface area contributed by atoms with Crippen molar-refractivity contribution in [2.75, 3.05) is 23.8 Å². The molecule has 286 valence electrons. The molecule has 6 rings (SSSR count). The van der Waals surface area contributed by atoms with Crippen molar-refractivity contribution in [2.24, 2.45) is 11.5 Å². The number of hydrogen-bond donors (Lipinski definition) is 5. The molecule has 0 spiro atoms. The topological polar surface area (TPSA) is 271 Å². The monoisotopic (exact) mass is 752 g/mol. The third kappa shape index (κ3) is 7.88. The Hall–Kier alpha value is -6.96. The third-order valence-corrected chi connectivity index (χ3v) is 8.41. The van der Waals surface area contributed by atoms with Crippen LogP contribution in [0, 0.1) is 6.92 Å². The molecule has 0 aliphatic carbocycles. The van der Waals surface area contributed by atoms with Crippen LogP contribution in [0.25, 0.3) is 22.2 Å². The fourth-order valence-electron chi connectivity index (χ4n) is 5.86. The molecular weight excluding hydrogens is 712 g/mol. The van der Waals surface area contributed by atoms with Crippen molar-refractivity contribution in [3.8, 4) is 5.75 Å². The number of imidazole rings is 2. The Balaban J connectivity index is 1.37. The van der Waals surface area contributed by atoms with E-state index in [4.69, 9.17) is 16.2 Å². The molecule has 0 aliphatic rings. The summed E-state index contributed by atoms with van der Waals surface area (Å²) in [6.07, 6.45) is 6.51. The standard InChI is InChI=1S/C35H40N14O6/c1-5-48-25(13-20(4)45-48)32(53)43-35-42-24-15-22(29(37)52)17-38-30(24)47(35)10-7-6-9-46-27-23(14-21(28(36)51)16-26(27)55-12-8-11-50)41-34(46)44-33(54)31-39-18-40-49(31)19(2)3/h6-7,13-19,50H,5,8-12H2,1-4H3,(H2,36,51)(H2,37,52)(H,41,44,54)(H,42,43,53)/b7-6+. The number of nitrogens with one attached hydrogen (secondary N) is 2. The predicted molar refractivity (Wildman–Crippen MR) is 200 cm³/mol. The van der Waals surface area contributed by atoms with E-state index in [1.165, 1.54) is 35.4 Å². The Kier molecular flexibility index (Phi) is 11.0. The molecule has 4 amide bonds. The first kappa shape index (κ1) is 37.8. The average Bonchev–Trinajstić information content (AvgIpc) is 3.94. The quantitative estimate of drug-likeness (QED) is 0.0703. The second-order valence-electron chi connectivity index (χ2n) is 12.6. The maximum absolute atomic E-state index is 13.5. The summed E-state index contributed by atoms with van der Waals surface area (Å²) in [4.78, 5) is 68.9. The number of aromatic nitrogens is 10. The van der Waals surface area contributed by atoms with E-state index in [1.807, 2.05) is 20.8 Å². The zero-order valence-corrected chi connectivity index (χ0v) is 30.6. The van der Waals surface area contributed by atoms with Crippen LogP contribution < -0.4 is 26.8 Å². The Morgan fingerprint density at radius 1 is 0.909 bits per heavy atom. The van der Waals surface area contributed by atoms with Crippen LogP contribution >= 0.6 is 0 Å². The Morgan fingerprint density at radius 2 is 1.58 bits per heavy atom. The highest BCUT2D eigenvalue weighted by Gasteiger charge is 2.23. The number of aryl methyl sites for hydroxylation is 2. The van der Waals surface area contributed by atoms with Crippen molar-refractivity contribution in [3.63, 3.8) is 0 Å². The zero-order valence-electron chi connectivity index (χ0n) is 30.6. The number of aliphatic hydroxyl groups excluding tert-OH is 1. The molecule has 7 N–H and O–H groups in total. The second-order valence-corrected chi connectivity index (χ2v) is 12.6. The van der Waals surface area contributed by atoms with E-state index in [9.17, 15) is 24.3 Å². The van der Waals surface area contributed by atoms with Crippen LogP contribution in [-0.4, -0.2) is 90.6 Å². The number of carbonyl (C=O) groups is 4. The molecule has 0 unspecified atom stereocenters. The van der Waals surface area contributed by atoms with Gasteiger partial charge in [0.1, 0.15) is 28.8 Å². The number of hydrogen-bond acceptors (Lipinski definition) is 12. The van der Waals surface area contributed by atoms with Gasteiger partial charge in [-0.25, -0.2) is 24.6 Å². The smallest absolute Gasteiger partial charge is 0.295 e. The van der Waals surface area contributed by atoms with Crippen molar-refractivity contribution in [2.45, 2.75) is 59.8 Å². The number of amides is 4. The van der Waals surface area contributed by atoms with E-state index in [0.717, 1.165) is 0 Å². The number of nitrogens with zero attached hydrogens (tertiary/aromatic N) is 10. The highest BCUT2D eigenvalue weighted by atomic mass is 16.5. The molecule has 20 heteroatoms. The van der Waals surface area contributed by atoms with Gasteiger partial charge < -0.3 is 25.9 Å². The maximum atomic E-state index is 13.5. The van der Waals surface area contributed by atoms with Gasteiger partial charge in [0.2, 0.25) is 29.5 Å². The van der Waals surface area contributed by atoms with Gasteiger partial charge in [-0.1, -0.05) is 12.2 Å². The van der Waals surface area contributed by atoms with Crippen LogP contribution in [0.1, 0.15) is 80.8 Å². The first-order valence-corrected chi connectivity index (χ1v) is 17.4. The maximum Gasteiger partial charge on any atom is 0.295 e. The van der Waals surface area contributed by atoms with E-state index < -0.39 is 23.6 Å². The molecule has 0 bridgehead atoms. The van der Waals surface area contributed by atoms with E-state index in [0.29, 0.717) is 46.6 Å². The summed E-state index contributed by atoms with van der Waals surface area (Å²) in [5, 5.41) is 23.6. The highest BCUT2D eigenvalue weighted by molar-refractivity contribution is 6.04. The molecule has 0 radical (unpaired) electrons. The first-order chi connectivity index (χ1) is 26.4. The minimum absolute atomic E-state index is 0.0621. The molecule has 55 heavy (non-hydrogen) atoms. The summed E-state index contributed by atoms with van der Waals surface area (Å²) < 4.78 is 12.4. The van der Waals surface area contributed by atoms with Gasteiger partial charge in [0.15, 0.2) is 5.65 Å². The molecule has 0 saturated carbocycles. The molecule has 0 aliphatic heterocycles. The molecular formula is C35H40N14O6. The summed E-state index contributed by atoms with van der Waals surface area (Å²) in [5.74, 6) is -1.81. The van der Waals surface area contributed by atoms with Gasteiger partial charge in [-0.15, -0.1) is 0 Å². The number of ether oxygens (including phenoxy) is 1. The number of pyridine rings is 1. The average molecular weight is 753 g/mol. The Bertz CT molecular complexity index is 2450. The summed E-state index contributed by atoms with van der Waals surface area (Å²) in [7, 11) is 0. The lowest BCUT2D eigenvalue weighted by atomic mass is 10.1. The summed E-state index contributed by atoms with van der Waals surface area (Å²) in [5.41, 5.74) is 13.9. The fourth-order valence-corrected chi connectivity index (χ4v) is 5.86. The molecule has 5 heterocycles. The Morgan fingerprint density at radius 3 is 2.27 bits per heavy atom. The van der Waals surface area contributed by atoms with Crippen molar-refractivity contribution < 1.29 is 29.0 Å². The molecule has 5 aromatic heterocycles. The van der Waals surface area contributed by atoms with Gasteiger partial charge in [-0.05, 0) is 52.0 Å². The number of anilines is 2. The Labute approximate surface area is 313 Å². The first-order valence-electron chi connectivity index (χ1n) is 17.4.